The molecule has 3 rings (SSSR count). The Morgan fingerprint density at radius 2 is 1.72 bits per heavy atom. The summed E-state index contributed by atoms with van der Waals surface area (Å²) in [5.41, 5.74) is 0.282. The fourth-order valence-electron chi connectivity index (χ4n) is 2.03. The molecule has 9 heteroatoms. The van der Waals surface area contributed by atoms with Gasteiger partial charge in [-0.15, -0.1) is 0 Å². The first kappa shape index (κ1) is 16.5. The van der Waals surface area contributed by atoms with Gasteiger partial charge in [-0.3, -0.25) is 0 Å². The Hall–Kier alpha value is -3.36. The maximum Gasteiger partial charge on any atom is 0.433 e. The number of hydrogen-bond acceptors (Lipinski definition) is 6. The van der Waals surface area contributed by atoms with Crippen molar-refractivity contribution in [3.8, 4) is 22.8 Å². The van der Waals surface area contributed by atoms with Gasteiger partial charge in [0.2, 0.25) is 5.95 Å². The number of phenols is 2. The molecule has 25 heavy (non-hydrogen) atoms. The minimum Gasteiger partial charge on any atom is -0.504 e. The zero-order valence-corrected chi connectivity index (χ0v) is 12.5. The Labute approximate surface area is 139 Å². The third-order valence-electron chi connectivity index (χ3n) is 3.24. The van der Waals surface area contributed by atoms with E-state index in [4.69, 9.17) is 0 Å². The number of aromatic nitrogens is 3. The predicted molar refractivity (Wildman–Crippen MR) is 83.3 cm³/mol. The summed E-state index contributed by atoms with van der Waals surface area (Å²) < 4.78 is 37.5. The quantitative estimate of drug-likeness (QED) is 0.625. The first-order valence-corrected chi connectivity index (χ1v) is 6.98. The molecule has 0 amide bonds. The zero-order chi connectivity index (χ0) is 18.0. The van der Waals surface area contributed by atoms with Crippen LogP contribution >= 0.6 is 0 Å². The third kappa shape index (κ3) is 3.77. The highest BCUT2D eigenvalue weighted by atomic mass is 19.4. The standard InChI is InChI=1S/C16H11F3N4O2/c17-16(18,19)14-4-2-10(8-21-14)22-15-20-6-5-11(23-15)9-1-3-12(24)13(25)7-9/h1-8,24-25H,(H,20,22,23). The van der Waals surface area contributed by atoms with Gasteiger partial charge in [-0.1, -0.05) is 0 Å². The number of hydrogen-bond donors (Lipinski definition) is 3. The number of rotatable bonds is 3. The summed E-state index contributed by atoms with van der Waals surface area (Å²) in [6.07, 6.45) is -2.02. The molecular weight excluding hydrogens is 337 g/mol. The lowest BCUT2D eigenvalue weighted by molar-refractivity contribution is -0.141. The summed E-state index contributed by atoms with van der Waals surface area (Å²) in [4.78, 5) is 11.5. The maximum absolute atomic E-state index is 12.5. The molecule has 0 atom stereocenters. The number of anilines is 2. The van der Waals surface area contributed by atoms with Crippen LogP contribution in [0.1, 0.15) is 5.69 Å². The fourth-order valence-corrected chi connectivity index (χ4v) is 2.03. The van der Waals surface area contributed by atoms with E-state index in [-0.39, 0.29) is 17.4 Å². The number of benzene rings is 1. The predicted octanol–water partition coefficient (Wildman–Crippen LogP) is 3.71. The zero-order valence-electron chi connectivity index (χ0n) is 12.5. The molecule has 0 radical (unpaired) electrons. The van der Waals surface area contributed by atoms with Gasteiger partial charge >= 0.3 is 6.18 Å². The lowest BCUT2D eigenvalue weighted by Gasteiger charge is -2.09. The molecule has 0 spiro atoms. The Morgan fingerprint density at radius 3 is 2.36 bits per heavy atom. The van der Waals surface area contributed by atoms with Crippen LogP contribution in [0.25, 0.3) is 11.3 Å². The highest BCUT2D eigenvalue weighted by molar-refractivity contribution is 5.65. The molecule has 128 valence electrons. The first-order chi connectivity index (χ1) is 11.8. The van der Waals surface area contributed by atoms with Crippen molar-refractivity contribution < 1.29 is 23.4 Å². The lowest BCUT2D eigenvalue weighted by atomic mass is 10.1. The molecule has 0 saturated heterocycles. The van der Waals surface area contributed by atoms with Gasteiger partial charge in [0.05, 0.1) is 17.6 Å². The number of nitrogens with zero attached hydrogens (tertiary/aromatic N) is 3. The van der Waals surface area contributed by atoms with Crippen molar-refractivity contribution in [1.29, 1.82) is 0 Å². The van der Waals surface area contributed by atoms with E-state index in [1.54, 1.807) is 12.1 Å². The normalized spacial score (nSPS) is 11.3. The molecule has 1 aromatic carbocycles. The highest BCUT2D eigenvalue weighted by Crippen LogP contribution is 2.30. The summed E-state index contributed by atoms with van der Waals surface area (Å²) in [7, 11) is 0. The van der Waals surface area contributed by atoms with Crippen LogP contribution in [0.2, 0.25) is 0 Å². The van der Waals surface area contributed by atoms with E-state index in [0.717, 1.165) is 12.3 Å². The highest BCUT2D eigenvalue weighted by Gasteiger charge is 2.32. The molecule has 0 fully saturated rings. The molecule has 0 bridgehead atoms. The van der Waals surface area contributed by atoms with Crippen molar-refractivity contribution in [3.63, 3.8) is 0 Å². The number of nitrogens with one attached hydrogen (secondary N) is 1. The van der Waals surface area contributed by atoms with Crippen LogP contribution < -0.4 is 5.32 Å². The van der Waals surface area contributed by atoms with Crippen molar-refractivity contribution in [2.45, 2.75) is 6.18 Å². The van der Waals surface area contributed by atoms with Gasteiger partial charge in [0, 0.05) is 11.8 Å². The number of alkyl halides is 3. The van der Waals surface area contributed by atoms with Crippen LogP contribution in [0.5, 0.6) is 11.5 Å². The lowest BCUT2D eigenvalue weighted by Crippen LogP contribution is -2.07. The molecular formula is C16H11F3N4O2. The van der Waals surface area contributed by atoms with E-state index in [9.17, 15) is 23.4 Å². The molecule has 2 aromatic heterocycles. The molecule has 0 unspecified atom stereocenters. The number of pyridine rings is 1. The molecule has 0 aliphatic carbocycles. The average molecular weight is 348 g/mol. The molecule has 0 saturated carbocycles. The summed E-state index contributed by atoms with van der Waals surface area (Å²) in [5, 5.41) is 21.6. The molecule has 0 aliphatic heterocycles. The Bertz CT molecular complexity index is 899. The van der Waals surface area contributed by atoms with Crippen LogP contribution in [0.3, 0.4) is 0 Å². The van der Waals surface area contributed by atoms with Crippen LogP contribution in [0.4, 0.5) is 24.8 Å². The van der Waals surface area contributed by atoms with E-state index >= 15 is 0 Å². The van der Waals surface area contributed by atoms with Gasteiger partial charge in [0.15, 0.2) is 11.5 Å². The second-order valence-corrected chi connectivity index (χ2v) is 5.02. The number of aromatic hydroxyl groups is 2. The maximum atomic E-state index is 12.5. The SMILES string of the molecule is Oc1ccc(-c2ccnc(Nc3ccc(C(F)(F)F)nc3)n2)cc1O. The summed E-state index contributed by atoms with van der Waals surface area (Å²) in [6, 6.07) is 7.87. The van der Waals surface area contributed by atoms with Crippen molar-refractivity contribution in [2.24, 2.45) is 0 Å². The topological polar surface area (TPSA) is 91.2 Å². The summed E-state index contributed by atoms with van der Waals surface area (Å²) in [5.74, 6) is -0.406. The van der Waals surface area contributed by atoms with Crippen LogP contribution in [0, 0.1) is 0 Å². The smallest absolute Gasteiger partial charge is 0.433 e. The fraction of sp³-hybridized carbons (Fsp3) is 0.0625. The van der Waals surface area contributed by atoms with Crippen LogP contribution in [0.15, 0.2) is 48.8 Å². The van der Waals surface area contributed by atoms with E-state index < -0.39 is 11.9 Å². The largest absolute Gasteiger partial charge is 0.504 e. The van der Waals surface area contributed by atoms with Gasteiger partial charge in [0.25, 0.3) is 0 Å². The molecule has 6 nitrogen and oxygen atoms in total. The van der Waals surface area contributed by atoms with E-state index in [1.807, 2.05) is 0 Å². The minimum atomic E-state index is -4.50. The molecule has 2 heterocycles. The average Bonchev–Trinajstić information content (AvgIpc) is 2.57. The molecule has 3 aromatic rings. The summed E-state index contributed by atoms with van der Waals surface area (Å²) >= 11 is 0. The summed E-state index contributed by atoms with van der Waals surface area (Å²) in [6.45, 7) is 0. The monoisotopic (exact) mass is 348 g/mol. The second kappa shape index (κ2) is 6.27. The van der Waals surface area contributed by atoms with Gasteiger partial charge in [-0.2, -0.15) is 13.2 Å². The van der Waals surface area contributed by atoms with E-state index in [2.05, 4.69) is 20.3 Å². The van der Waals surface area contributed by atoms with Crippen molar-refractivity contribution in [1.82, 2.24) is 15.0 Å². The number of halogens is 3. The molecule has 3 N–H and O–H groups in total. The second-order valence-electron chi connectivity index (χ2n) is 5.02. The van der Waals surface area contributed by atoms with Crippen molar-refractivity contribution >= 4 is 11.6 Å². The van der Waals surface area contributed by atoms with Crippen molar-refractivity contribution in [2.75, 3.05) is 5.32 Å². The van der Waals surface area contributed by atoms with Gasteiger partial charge < -0.3 is 15.5 Å². The Kier molecular flexibility index (Phi) is 4.14. The molecule has 0 aliphatic rings. The third-order valence-corrected chi connectivity index (χ3v) is 3.24. The van der Waals surface area contributed by atoms with Gasteiger partial charge in [-0.25, -0.2) is 15.0 Å². The van der Waals surface area contributed by atoms with Crippen molar-refractivity contribution in [3.05, 3.63) is 54.5 Å². The minimum absolute atomic E-state index is 0.145. The first-order valence-electron chi connectivity index (χ1n) is 6.98. The Balaban J connectivity index is 1.83. The Morgan fingerprint density at radius 1 is 0.920 bits per heavy atom. The van der Waals surface area contributed by atoms with Crippen LogP contribution in [-0.2, 0) is 6.18 Å². The van der Waals surface area contributed by atoms with Gasteiger partial charge in [0.1, 0.15) is 5.69 Å². The van der Waals surface area contributed by atoms with Gasteiger partial charge in [-0.05, 0) is 36.4 Å². The van der Waals surface area contributed by atoms with E-state index in [0.29, 0.717) is 16.9 Å². The van der Waals surface area contributed by atoms with Crippen LogP contribution in [-0.4, -0.2) is 25.2 Å². The number of phenolic OH excluding ortho intramolecular Hbond substituents is 2. The van der Waals surface area contributed by atoms with E-state index in [1.165, 1.54) is 24.4 Å².